The molecule has 2 aromatic carbocycles. The van der Waals surface area contributed by atoms with Crippen molar-refractivity contribution in [3.05, 3.63) is 90.4 Å². The van der Waals surface area contributed by atoms with Crippen molar-refractivity contribution in [2.75, 3.05) is 6.61 Å². The number of carbonyl (C=O) groups excluding carboxylic acids is 1. The van der Waals surface area contributed by atoms with Gasteiger partial charge in [0.2, 0.25) is 5.88 Å². The number of benzene rings is 2. The van der Waals surface area contributed by atoms with E-state index in [-0.39, 0.29) is 44.6 Å². The van der Waals surface area contributed by atoms with Gasteiger partial charge in [0.05, 0.1) is 28.8 Å². The monoisotopic (exact) mass is 502 g/mol. The van der Waals surface area contributed by atoms with Crippen molar-refractivity contribution in [1.82, 2.24) is 4.57 Å². The zero-order valence-corrected chi connectivity index (χ0v) is 20.0. The third-order valence-electron chi connectivity index (χ3n) is 5.29. The average molecular weight is 503 g/mol. The summed E-state index contributed by atoms with van der Waals surface area (Å²) in [5, 5.41) is 20.7. The van der Waals surface area contributed by atoms with Gasteiger partial charge in [-0.25, -0.2) is 4.39 Å². The van der Waals surface area contributed by atoms with Crippen molar-refractivity contribution in [1.29, 1.82) is 5.26 Å². The van der Waals surface area contributed by atoms with Crippen molar-refractivity contribution >= 4 is 29.0 Å². The van der Waals surface area contributed by atoms with Crippen LogP contribution in [0.15, 0.2) is 41.2 Å². The van der Waals surface area contributed by atoms with Crippen LogP contribution in [0.3, 0.4) is 0 Å². The molecule has 0 aliphatic rings. The van der Waals surface area contributed by atoms with Gasteiger partial charge >= 0.3 is 0 Å². The first kappa shape index (κ1) is 25.3. The molecule has 0 aliphatic heterocycles. The van der Waals surface area contributed by atoms with Gasteiger partial charge in [0, 0.05) is 5.56 Å². The van der Waals surface area contributed by atoms with E-state index in [4.69, 9.17) is 27.9 Å². The summed E-state index contributed by atoms with van der Waals surface area (Å²) in [6, 6.07) is 9.80. The summed E-state index contributed by atoms with van der Waals surface area (Å²) in [6.45, 7) is 3.64. The van der Waals surface area contributed by atoms with Gasteiger partial charge in [-0.3, -0.25) is 14.2 Å². The fraction of sp³-hybridized carbons (Fsp3) is 0.240. The fourth-order valence-electron chi connectivity index (χ4n) is 3.43. The molecule has 0 fully saturated rings. The Labute approximate surface area is 205 Å². The lowest BCUT2D eigenvalue weighted by Crippen LogP contribution is -2.27. The molecule has 0 saturated carbocycles. The van der Waals surface area contributed by atoms with Gasteiger partial charge in [-0.2, -0.15) is 5.26 Å². The number of aromatic nitrogens is 1. The van der Waals surface area contributed by atoms with Crippen LogP contribution in [0.25, 0.3) is 0 Å². The van der Waals surface area contributed by atoms with E-state index >= 15 is 0 Å². The Morgan fingerprint density at radius 2 is 1.82 bits per heavy atom. The second-order valence-electron chi connectivity index (χ2n) is 7.63. The highest BCUT2D eigenvalue weighted by Gasteiger charge is 2.26. The van der Waals surface area contributed by atoms with Gasteiger partial charge in [0.1, 0.15) is 17.4 Å². The van der Waals surface area contributed by atoms with Gasteiger partial charge in [0.25, 0.3) is 5.56 Å². The molecule has 1 heterocycles. The van der Waals surface area contributed by atoms with E-state index in [1.54, 1.807) is 6.07 Å². The predicted octanol–water partition coefficient (Wildman–Crippen LogP) is 5.64. The summed E-state index contributed by atoms with van der Waals surface area (Å²) in [5.74, 6) is -1.52. The molecule has 0 aliphatic carbocycles. The highest BCUT2D eigenvalue weighted by atomic mass is 35.5. The lowest BCUT2D eigenvalue weighted by molar-refractivity contribution is 0.103. The Hall–Kier alpha value is -3.34. The lowest BCUT2D eigenvalue weighted by Gasteiger charge is -2.16. The SMILES string of the molecule is CCCCOc1c(Cl)cc(C(=O)c2c(C)c(C#N)c(=O)n(Cc3ccc(F)cc3)c2O)cc1Cl. The molecule has 0 saturated heterocycles. The van der Waals surface area contributed by atoms with Crippen LogP contribution in [0, 0.1) is 24.1 Å². The third kappa shape index (κ3) is 5.09. The average Bonchev–Trinajstić information content (AvgIpc) is 2.80. The maximum absolute atomic E-state index is 13.4. The van der Waals surface area contributed by atoms with Gasteiger partial charge < -0.3 is 9.84 Å². The molecule has 9 heteroatoms. The molecule has 6 nitrogen and oxygen atoms in total. The van der Waals surface area contributed by atoms with E-state index in [9.17, 15) is 24.3 Å². The topological polar surface area (TPSA) is 92.3 Å². The number of nitriles is 1. The van der Waals surface area contributed by atoms with E-state index in [0.717, 1.165) is 17.4 Å². The summed E-state index contributed by atoms with van der Waals surface area (Å²) < 4.78 is 19.8. The highest BCUT2D eigenvalue weighted by Crippen LogP contribution is 2.36. The number of ketones is 1. The van der Waals surface area contributed by atoms with Crippen LogP contribution in [0.4, 0.5) is 4.39 Å². The molecular weight excluding hydrogens is 482 g/mol. The number of hydrogen-bond donors (Lipinski definition) is 1. The molecule has 1 aromatic heterocycles. The molecule has 0 spiro atoms. The van der Waals surface area contributed by atoms with Crippen LogP contribution in [-0.4, -0.2) is 22.1 Å². The highest BCUT2D eigenvalue weighted by molar-refractivity contribution is 6.38. The minimum absolute atomic E-state index is 0.0286. The largest absolute Gasteiger partial charge is 0.494 e. The summed E-state index contributed by atoms with van der Waals surface area (Å²) >= 11 is 12.6. The first-order chi connectivity index (χ1) is 16.2. The van der Waals surface area contributed by atoms with Crippen molar-refractivity contribution in [2.24, 2.45) is 0 Å². The fourth-order valence-corrected chi connectivity index (χ4v) is 4.03. The second-order valence-corrected chi connectivity index (χ2v) is 8.44. The van der Waals surface area contributed by atoms with E-state index < -0.39 is 23.0 Å². The van der Waals surface area contributed by atoms with Crippen molar-refractivity contribution in [3.63, 3.8) is 0 Å². The van der Waals surface area contributed by atoms with Gasteiger partial charge in [0.15, 0.2) is 11.5 Å². The van der Waals surface area contributed by atoms with Crippen molar-refractivity contribution < 1.29 is 19.0 Å². The number of unbranched alkanes of at least 4 members (excludes halogenated alkanes) is 1. The molecule has 3 aromatic rings. The molecular formula is C25H21Cl2FN2O4. The summed E-state index contributed by atoms with van der Waals surface area (Å²) in [4.78, 5) is 26.2. The number of carbonyl (C=O) groups is 1. The third-order valence-corrected chi connectivity index (χ3v) is 5.85. The zero-order valence-electron chi connectivity index (χ0n) is 18.5. The standard InChI is InChI=1S/C25H21Cl2FN2O4/c1-3-4-9-34-23-19(26)10-16(11-20(23)27)22(31)21-14(2)18(12-29)24(32)30(25(21)33)13-15-5-7-17(28)8-6-15/h5-8,10-11,33H,3-4,9,13H2,1-2H3. The smallest absolute Gasteiger partial charge is 0.271 e. The van der Waals surface area contributed by atoms with E-state index in [2.05, 4.69) is 0 Å². The molecule has 0 bridgehead atoms. The van der Waals surface area contributed by atoms with Crippen LogP contribution in [0.1, 0.15) is 52.4 Å². The molecule has 0 atom stereocenters. The number of nitrogens with zero attached hydrogens (tertiary/aromatic N) is 2. The molecule has 34 heavy (non-hydrogen) atoms. The summed E-state index contributed by atoms with van der Waals surface area (Å²) in [5.41, 5.74) is -0.725. The zero-order chi connectivity index (χ0) is 25.0. The Kier molecular flexibility index (Phi) is 7.98. The van der Waals surface area contributed by atoms with Crippen LogP contribution in [0.2, 0.25) is 10.0 Å². The number of halogens is 3. The first-order valence-corrected chi connectivity index (χ1v) is 11.2. The number of hydrogen-bond acceptors (Lipinski definition) is 5. The maximum atomic E-state index is 13.4. The van der Waals surface area contributed by atoms with E-state index in [1.165, 1.54) is 43.3 Å². The molecule has 0 radical (unpaired) electrons. The summed E-state index contributed by atoms with van der Waals surface area (Å²) in [6.07, 6.45) is 1.71. The van der Waals surface area contributed by atoms with Crippen LogP contribution < -0.4 is 10.3 Å². The molecule has 0 unspecified atom stereocenters. The van der Waals surface area contributed by atoms with E-state index in [1.807, 2.05) is 6.92 Å². The second kappa shape index (κ2) is 10.7. The van der Waals surface area contributed by atoms with Crippen molar-refractivity contribution in [2.45, 2.75) is 33.2 Å². The quantitative estimate of drug-likeness (QED) is 0.317. The number of pyridine rings is 1. The van der Waals surface area contributed by atoms with Crippen LogP contribution in [0.5, 0.6) is 11.6 Å². The predicted molar refractivity (Wildman–Crippen MR) is 128 cm³/mol. The number of aromatic hydroxyl groups is 1. The maximum Gasteiger partial charge on any atom is 0.271 e. The lowest BCUT2D eigenvalue weighted by atomic mass is 9.97. The Morgan fingerprint density at radius 3 is 2.38 bits per heavy atom. The number of rotatable bonds is 8. The molecule has 0 amide bonds. The van der Waals surface area contributed by atoms with Gasteiger partial charge in [-0.15, -0.1) is 0 Å². The van der Waals surface area contributed by atoms with Gasteiger partial charge in [-0.05, 0) is 48.7 Å². The number of ether oxygens (including phenoxy) is 1. The van der Waals surface area contributed by atoms with Gasteiger partial charge in [-0.1, -0.05) is 48.7 Å². The van der Waals surface area contributed by atoms with Crippen LogP contribution in [-0.2, 0) is 6.54 Å². The van der Waals surface area contributed by atoms with E-state index in [0.29, 0.717) is 12.2 Å². The molecule has 176 valence electrons. The normalized spacial score (nSPS) is 10.7. The Morgan fingerprint density at radius 1 is 1.21 bits per heavy atom. The Bertz CT molecular complexity index is 1320. The van der Waals surface area contributed by atoms with Crippen molar-refractivity contribution in [3.8, 4) is 17.7 Å². The molecule has 3 rings (SSSR count). The Balaban J connectivity index is 2.10. The minimum Gasteiger partial charge on any atom is -0.494 e. The summed E-state index contributed by atoms with van der Waals surface area (Å²) in [7, 11) is 0. The first-order valence-electron chi connectivity index (χ1n) is 10.5. The van der Waals surface area contributed by atoms with Crippen LogP contribution >= 0.6 is 23.2 Å². The minimum atomic E-state index is -0.769. The molecule has 1 N–H and O–H groups in total.